The SMILES string of the molecule is CC(O)C(NC(=O)C(Cc1c[nH]c2ccccc12)NC(=O)C(N)CC(=O)O)C(=O)NC(CC(=O)O)C(=O)O. The van der Waals surface area contributed by atoms with Gasteiger partial charge in [-0.05, 0) is 18.6 Å². The molecule has 1 heterocycles. The molecule has 206 valence electrons. The van der Waals surface area contributed by atoms with Gasteiger partial charge in [0.05, 0.1) is 25.0 Å². The van der Waals surface area contributed by atoms with Crippen LogP contribution >= 0.6 is 0 Å². The standard InChI is InChI=1S/C23H29N5O10/c1-10(29)19(22(36)27-16(23(37)38)8-18(32)33)28-21(35)15(26-20(34)13(24)7-17(30)31)6-11-9-25-14-5-3-2-4-12(11)14/h2-5,9-10,13,15-16,19,25,29H,6-8,24H2,1H3,(H,26,34)(H,27,36)(H,28,35)(H,30,31)(H,32,33)(H,37,38). The number of H-pyrrole nitrogens is 1. The van der Waals surface area contributed by atoms with E-state index in [0.29, 0.717) is 5.56 Å². The zero-order valence-corrected chi connectivity index (χ0v) is 20.2. The van der Waals surface area contributed by atoms with Crippen molar-refractivity contribution in [2.45, 2.75) is 56.5 Å². The van der Waals surface area contributed by atoms with Crippen LogP contribution < -0.4 is 21.7 Å². The summed E-state index contributed by atoms with van der Waals surface area (Å²) in [6.45, 7) is 1.13. The number of rotatable bonds is 14. The molecule has 0 aliphatic rings. The van der Waals surface area contributed by atoms with Gasteiger partial charge in [0.1, 0.15) is 18.1 Å². The van der Waals surface area contributed by atoms with Gasteiger partial charge in [-0.1, -0.05) is 18.2 Å². The predicted molar refractivity (Wildman–Crippen MR) is 130 cm³/mol. The molecule has 5 unspecified atom stereocenters. The number of aliphatic carboxylic acids is 3. The predicted octanol–water partition coefficient (Wildman–Crippen LogP) is -2.09. The van der Waals surface area contributed by atoms with E-state index < -0.39 is 78.7 Å². The molecule has 2 rings (SSSR count). The van der Waals surface area contributed by atoms with Crippen LogP contribution in [0.25, 0.3) is 10.9 Å². The van der Waals surface area contributed by atoms with E-state index in [2.05, 4.69) is 15.6 Å². The first kappa shape index (κ1) is 29.7. The molecule has 5 atom stereocenters. The number of benzene rings is 1. The average Bonchev–Trinajstić information content (AvgIpc) is 3.23. The number of fused-ring (bicyclic) bond motifs is 1. The third-order valence-corrected chi connectivity index (χ3v) is 5.52. The molecule has 0 radical (unpaired) electrons. The van der Waals surface area contributed by atoms with Crippen LogP contribution in [0.1, 0.15) is 25.3 Å². The summed E-state index contributed by atoms with van der Waals surface area (Å²) in [5.41, 5.74) is 6.93. The third kappa shape index (κ3) is 8.28. The number of nitrogens with one attached hydrogen (secondary N) is 4. The van der Waals surface area contributed by atoms with Gasteiger partial charge in [0.2, 0.25) is 17.7 Å². The number of aromatic amines is 1. The number of amides is 3. The van der Waals surface area contributed by atoms with Crippen molar-refractivity contribution in [1.29, 1.82) is 0 Å². The summed E-state index contributed by atoms with van der Waals surface area (Å²) in [6.07, 6.45) is -1.77. The summed E-state index contributed by atoms with van der Waals surface area (Å²) in [5.74, 6) is -7.61. The van der Waals surface area contributed by atoms with Crippen molar-refractivity contribution in [2.24, 2.45) is 5.73 Å². The monoisotopic (exact) mass is 535 g/mol. The second-order valence-corrected chi connectivity index (χ2v) is 8.55. The van der Waals surface area contributed by atoms with Crippen molar-refractivity contribution < 1.29 is 49.2 Å². The van der Waals surface area contributed by atoms with Crippen LogP contribution in [0, 0.1) is 0 Å². The maximum Gasteiger partial charge on any atom is 0.326 e. The summed E-state index contributed by atoms with van der Waals surface area (Å²) in [5, 5.41) is 44.3. The zero-order valence-electron chi connectivity index (χ0n) is 20.2. The Kier molecular flexibility index (Phi) is 10.3. The molecule has 0 fully saturated rings. The number of para-hydroxylation sites is 1. The number of carboxylic acids is 3. The maximum absolute atomic E-state index is 13.2. The Morgan fingerprint density at radius 2 is 1.47 bits per heavy atom. The summed E-state index contributed by atoms with van der Waals surface area (Å²) in [7, 11) is 0. The van der Waals surface area contributed by atoms with Crippen LogP contribution in [-0.2, 0) is 35.2 Å². The van der Waals surface area contributed by atoms with Gasteiger partial charge in [-0.3, -0.25) is 24.0 Å². The molecule has 38 heavy (non-hydrogen) atoms. The van der Waals surface area contributed by atoms with Crippen LogP contribution in [0.2, 0.25) is 0 Å². The summed E-state index contributed by atoms with van der Waals surface area (Å²) >= 11 is 0. The molecular formula is C23H29N5O10. The van der Waals surface area contributed by atoms with E-state index in [1.807, 2.05) is 5.32 Å². The van der Waals surface area contributed by atoms with Gasteiger partial charge >= 0.3 is 17.9 Å². The minimum Gasteiger partial charge on any atom is -0.481 e. The molecule has 0 bridgehead atoms. The van der Waals surface area contributed by atoms with E-state index in [-0.39, 0.29) is 6.42 Å². The Bertz CT molecular complexity index is 1210. The van der Waals surface area contributed by atoms with Gasteiger partial charge in [0.25, 0.3) is 0 Å². The fourth-order valence-corrected chi connectivity index (χ4v) is 3.58. The molecule has 2 aromatic rings. The number of carbonyl (C=O) groups excluding carboxylic acids is 3. The van der Waals surface area contributed by atoms with E-state index in [4.69, 9.17) is 15.9 Å². The van der Waals surface area contributed by atoms with Crippen LogP contribution in [0.15, 0.2) is 30.5 Å². The molecule has 1 aromatic carbocycles. The summed E-state index contributed by atoms with van der Waals surface area (Å²) < 4.78 is 0. The summed E-state index contributed by atoms with van der Waals surface area (Å²) in [6, 6.07) is 0.606. The Morgan fingerprint density at radius 3 is 2.05 bits per heavy atom. The third-order valence-electron chi connectivity index (χ3n) is 5.52. The first-order chi connectivity index (χ1) is 17.8. The molecular weight excluding hydrogens is 506 g/mol. The van der Waals surface area contributed by atoms with E-state index in [9.17, 15) is 39.0 Å². The Balaban J connectivity index is 2.29. The molecule has 15 heteroatoms. The highest BCUT2D eigenvalue weighted by atomic mass is 16.4. The van der Waals surface area contributed by atoms with Crippen LogP contribution in [0.4, 0.5) is 0 Å². The number of aromatic nitrogens is 1. The lowest BCUT2D eigenvalue weighted by Gasteiger charge is -2.26. The largest absolute Gasteiger partial charge is 0.481 e. The zero-order chi connectivity index (χ0) is 28.6. The molecule has 10 N–H and O–H groups in total. The van der Waals surface area contributed by atoms with Gasteiger partial charge in [-0.25, -0.2) is 4.79 Å². The Morgan fingerprint density at radius 1 is 0.868 bits per heavy atom. The fraction of sp³-hybridized carbons (Fsp3) is 0.391. The van der Waals surface area contributed by atoms with Crippen molar-refractivity contribution in [1.82, 2.24) is 20.9 Å². The van der Waals surface area contributed by atoms with Gasteiger partial charge < -0.3 is 47.1 Å². The van der Waals surface area contributed by atoms with E-state index in [1.54, 1.807) is 30.5 Å². The Labute approximate surface area is 215 Å². The number of hydrogen-bond acceptors (Lipinski definition) is 8. The number of aliphatic hydroxyl groups is 1. The van der Waals surface area contributed by atoms with Gasteiger partial charge in [0, 0.05) is 23.5 Å². The molecule has 0 saturated carbocycles. The second-order valence-electron chi connectivity index (χ2n) is 8.55. The lowest BCUT2D eigenvalue weighted by atomic mass is 10.0. The van der Waals surface area contributed by atoms with Crippen molar-refractivity contribution in [3.05, 3.63) is 36.0 Å². The van der Waals surface area contributed by atoms with E-state index >= 15 is 0 Å². The lowest BCUT2D eigenvalue weighted by Crippen LogP contribution is -2.60. The molecule has 15 nitrogen and oxygen atoms in total. The highest BCUT2D eigenvalue weighted by molar-refractivity contribution is 5.96. The van der Waals surface area contributed by atoms with Crippen LogP contribution in [0.3, 0.4) is 0 Å². The van der Waals surface area contributed by atoms with Gasteiger partial charge in [-0.2, -0.15) is 0 Å². The van der Waals surface area contributed by atoms with Crippen molar-refractivity contribution in [3.63, 3.8) is 0 Å². The molecule has 0 saturated heterocycles. The Hall–Kier alpha value is -4.50. The first-order valence-corrected chi connectivity index (χ1v) is 11.4. The number of hydrogen-bond donors (Lipinski definition) is 9. The highest BCUT2D eigenvalue weighted by Crippen LogP contribution is 2.19. The maximum atomic E-state index is 13.2. The van der Waals surface area contributed by atoms with Crippen LogP contribution in [-0.4, -0.2) is 91.3 Å². The van der Waals surface area contributed by atoms with E-state index in [1.165, 1.54) is 0 Å². The van der Waals surface area contributed by atoms with Crippen LogP contribution in [0.5, 0.6) is 0 Å². The fourth-order valence-electron chi connectivity index (χ4n) is 3.58. The quantitative estimate of drug-likeness (QED) is 0.127. The van der Waals surface area contributed by atoms with Crippen molar-refractivity contribution in [2.75, 3.05) is 0 Å². The molecule has 3 amide bonds. The van der Waals surface area contributed by atoms with Gasteiger partial charge in [-0.15, -0.1) is 0 Å². The van der Waals surface area contributed by atoms with Gasteiger partial charge in [0.15, 0.2) is 0 Å². The number of nitrogens with two attached hydrogens (primary N) is 1. The second kappa shape index (κ2) is 13.2. The topological polar surface area (TPSA) is 261 Å². The molecule has 0 aliphatic heterocycles. The number of carboxylic acid groups (broad SMARTS) is 3. The smallest absolute Gasteiger partial charge is 0.326 e. The van der Waals surface area contributed by atoms with Crippen molar-refractivity contribution in [3.8, 4) is 0 Å². The molecule has 0 aliphatic carbocycles. The minimum atomic E-state index is -1.84. The molecule has 0 spiro atoms. The average molecular weight is 536 g/mol. The first-order valence-electron chi connectivity index (χ1n) is 11.4. The van der Waals surface area contributed by atoms with Crippen molar-refractivity contribution >= 4 is 46.5 Å². The normalized spacial score (nSPS) is 14.9. The number of carbonyl (C=O) groups is 6. The minimum absolute atomic E-state index is 0.133. The highest BCUT2D eigenvalue weighted by Gasteiger charge is 2.34. The van der Waals surface area contributed by atoms with E-state index in [0.717, 1.165) is 17.8 Å². The molecule has 1 aromatic heterocycles. The lowest BCUT2D eigenvalue weighted by molar-refractivity contribution is -0.148. The number of aliphatic hydroxyl groups excluding tert-OH is 1. The summed E-state index contributed by atoms with van der Waals surface area (Å²) in [4.78, 5) is 74.6.